The number of benzene rings is 8. The van der Waals surface area contributed by atoms with Gasteiger partial charge in [-0.15, -0.1) is 0 Å². The summed E-state index contributed by atoms with van der Waals surface area (Å²) in [6.45, 7) is 4.75. The lowest BCUT2D eigenvalue weighted by Gasteiger charge is -2.24. The number of imidazole rings is 1. The predicted octanol–water partition coefficient (Wildman–Crippen LogP) is 13.8. The molecule has 254 valence electrons. The molecule has 0 fully saturated rings. The summed E-state index contributed by atoms with van der Waals surface area (Å²) in [6, 6.07) is 62.4. The van der Waals surface area contributed by atoms with Gasteiger partial charge in [0.15, 0.2) is 0 Å². The van der Waals surface area contributed by atoms with Crippen LogP contribution in [0, 0.1) is 0 Å². The van der Waals surface area contributed by atoms with E-state index in [2.05, 4.69) is 201 Å². The molecule has 0 radical (unpaired) electrons. The van der Waals surface area contributed by atoms with Gasteiger partial charge < -0.3 is 4.40 Å². The zero-order chi connectivity index (χ0) is 36.0. The van der Waals surface area contributed by atoms with Crippen LogP contribution in [0.1, 0.15) is 25.0 Å². The molecule has 54 heavy (non-hydrogen) atoms. The third-order valence-corrected chi connectivity index (χ3v) is 11.8. The number of aromatic nitrogens is 2. The third-order valence-electron chi connectivity index (χ3n) is 11.8. The van der Waals surface area contributed by atoms with Crippen LogP contribution in [-0.4, -0.2) is 9.38 Å². The smallest absolute Gasteiger partial charge is 0.145 e. The Morgan fingerprint density at radius 1 is 0.426 bits per heavy atom. The van der Waals surface area contributed by atoms with Crippen molar-refractivity contribution in [2.24, 2.45) is 0 Å². The van der Waals surface area contributed by atoms with Gasteiger partial charge in [0.2, 0.25) is 0 Å². The first-order valence-electron chi connectivity index (χ1n) is 18.8. The highest BCUT2D eigenvalue weighted by Gasteiger charge is 2.36. The number of nitrogens with zero attached hydrogens (tertiary/aromatic N) is 2. The van der Waals surface area contributed by atoms with Crippen molar-refractivity contribution in [3.63, 3.8) is 0 Å². The third kappa shape index (κ3) is 4.56. The van der Waals surface area contributed by atoms with Crippen molar-refractivity contribution in [3.8, 4) is 55.8 Å². The molecule has 0 aliphatic heterocycles. The Balaban J connectivity index is 1.14. The van der Waals surface area contributed by atoms with Crippen LogP contribution in [0.3, 0.4) is 0 Å². The molecule has 2 heteroatoms. The minimum absolute atomic E-state index is 0.113. The van der Waals surface area contributed by atoms with E-state index < -0.39 is 0 Å². The lowest BCUT2D eigenvalue weighted by molar-refractivity contribution is 0.661. The van der Waals surface area contributed by atoms with E-state index in [0.29, 0.717) is 0 Å². The average molecular weight is 689 g/mol. The van der Waals surface area contributed by atoms with Crippen molar-refractivity contribution in [1.82, 2.24) is 9.38 Å². The van der Waals surface area contributed by atoms with E-state index >= 15 is 0 Å². The summed E-state index contributed by atoms with van der Waals surface area (Å²) in [4.78, 5) is 5.12. The lowest BCUT2D eigenvalue weighted by atomic mass is 9.79. The SMILES string of the molecule is CC1(C)c2ccccc2-c2cc3c(-c4ccc(-c5ccccc5)cc4)c4ccccc4c(-c4ccc(-c5cn6ccc7ccccc7c6n5)cc4)c3cc21. The molecule has 8 aromatic carbocycles. The molecule has 0 bridgehead atoms. The van der Waals surface area contributed by atoms with Crippen LogP contribution in [-0.2, 0) is 5.41 Å². The fourth-order valence-electron chi connectivity index (χ4n) is 9.11. The molecule has 1 aliphatic rings. The van der Waals surface area contributed by atoms with Crippen molar-refractivity contribution < 1.29 is 0 Å². The van der Waals surface area contributed by atoms with E-state index in [1.54, 1.807) is 0 Å². The van der Waals surface area contributed by atoms with Crippen LogP contribution in [0.2, 0.25) is 0 Å². The Hall–Kier alpha value is -6.77. The summed E-state index contributed by atoms with van der Waals surface area (Å²) < 4.78 is 2.14. The second-order valence-corrected chi connectivity index (χ2v) is 15.2. The molecule has 0 N–H and O–H groups in total. The number of hydrogen-bond donors (Lipinski definition) is 0. The number of pyridine rings is 1. The Morgan fingerprint density at radius 2 is 0.981 bits per heavy atom. The van der Waals surface area contributed by atoms with Gasteiger partial charge in [0.1, 0.15) is 5.65 Å². The van der Waals surface area contributed by atoms with Crippen LogP contribution < -0.4 is 0 Å². The number of rotatable bonds is 4. The summed E-state index contributed by atoms with van der Waals surface area (Å²) in [7, 11) is 0. The van der Waals surface area contributed by atoms with Crippen molar-refractivity contribution in [2.75, 3.05) is 0 Å². The van der Waals surface area contributed by atoms with Gasteiger partial charge in [-0.2, -0.15) is 0 Å². The molecular formula is C52H36N2. The average Bonchev–Trinajstić information content (AvgIpc) is 3.77. The summed E-state index contributed by atoms with van der Waals surface area (Å²) in [5, 5.41) is 7.43. The zero-order valence-electron chi connectivity index (χ0n) is 30.2. The molecule has 1 aliphatic carbocycles. The van der Waals surface area contributed by atoms with Gasteiger partial charge in [0.05, 0.1) is 5.69 Å². The minimum atomic E-state index is -0.113. The minimum Gasteiger partial charge on any atom is -0.306 e. The van der Waals surface area contributed by atoms with Gasteiger partial charge in [0, 0.05) is 28.8 Å². The lowest BCUT2D eigenvalue weighted by Crippen LogP contribution is -2.14. The van der Waals surface area contributed by atoms with E-state index in [0.717, 1.165) is 22.3 Å². The van der Waals surface area contributed by atoms with Crippen LogP contribution in [0.4, 0.5) is 0 Å². The van der Waals surface area contributed by atoms with E-state index in [9.17, 15) is 0 Å². The molecule has 0 saturated heterocycles. The van der Waals surface area contributed by atoms with E-state index in [-0.39, 0.29) is 5.41 Å². The van der Waals surface area contributed by atoms with Gasteiger partial charge in [-0.25, -0.2) is 4.98 Å². The maximum atomic E-state index is 5.12. The van der Waals surface area contributed by atoms with Gasteiger partial charge in [0.25, 0.3) is 0 Å². The molecular weight excluding hydrogens is 653 g/mol. The maximum absolute atomic E-state index is 5.12. The van der Waals surface area contributed by atoms with E-state index in [1.807, 2.05) is 0 Å². The fraction of sp³-hybridized carbons (Fsp3) is 0.0577. The fourth-order valence-corrected chi connectivity index (χ4v) is 9.11. The van der Waals surface area contributed by atoms with Gasteiger partial charge in [-0.3, -0.25) is 0 Å². The Morgan fingerprint density at radius 3 is 1.70 bits per heavy atom. The van der Waals surface area contributed by atoms with Crippen molar-refractivity contribution in [3.05, 3.63) is 193 Å². The molecule has 10 aromatic rings. The first-order chi connectivity index (χ1) is 26.5. The van der Waals surface area contributed by atoms with Crippen LogP contribution in [0.15, 0.2) is 182 Å². The van der Waals surface area contributed by atoms with Crippen molar-refractivity contribution in [2.45, 2.75) is 19.3 Å². The van der Waals surface area contributed by atoms with E-state index in [1.165, 1.54) is 82.6 Å². The predicted molar refractivity (Wildman–Crippen MR) is 227 cm³/mol. The first kappa shape index (κ1) is 30.8. The summed E-state index contributed by atoms with van der Waals surface area (Å²) in [5.74, 6) is 0. The molecule has 0 saturated carbocycles. The molecule has 0 unspecified atom stereocenters. The molecule has 11 rings (SSSR count). The highest BCUT2D eigenvalue weighted by Crippen LogP contribution is 2.53. The Bertz CT molecular complexity index is 3090. The second kappa shape index (κ2) is 11.6. The van der Waals surface area contributed by atoms with Crippen LogP contribution in [0.25, 0.3) is 93.7 Å². The zero-order valence-corrected chi connectivity index (χ0v) is 30.2. The van der Waals surface area contributed by atoms with Crippen molar-refractivity contribution >= 4 is 38.0 Å². The summed E-state index contributed by atoms with van der Waals surface area (Å²) >= 11 is 0. The quantitative estimate of drug-likeness (QED) is 0.168. The topological polar surface area (TPSA) is 17.3 Å². The molecule has 2 heterocycles. The van der Waals surface area contributed by atoms with Gasteiger partial charge in [-0.05, 0) is 101 Å². The summed E-state index contributed by atoms with van der Waals surface area (Å²) in [5.41, 5.74) is 15.8. The van der Waals surface area contributed by atoms with Crippen LogP contribution >= 0.6 is 0 Å². The number of fused-ring (bicyclic) bond motifs is 8. The molecule has 2 aromatic heterocycles. The molecule has 2 nitrogen and oxygen atoms in total. The highest BCUT2D eigenvalue weighted by atomic mass is 15.0. The molecule has 0 amide bonds. The van der Waals surface area contributed by atoms with Gasteiger partial charge in [-0.1, -0.05) is 166 Å². The normalized spacial score (nSPS) is 13.1. The Kier molecular flexibility index (Phi) is 6.63. The maximum Gasteiger partial charge on any atom is 0.145 e. The van der Waals surface area contributed by atoms with Crippen LogP contribution in [0.5, 0.6) is 0 Å². The number of hydrogen-bond acceptors (Lipinski definition) is 1. The van der Waals surface area contributed by atoms with Crippen molar-refractivity contribution in [1.29, 1.82) is 0 Å². The van der Waals surface area contributed by atoms with Gasteiger partial charge >= 0.3 is 0 Å². The van der Waals surface area contributed by atoms with E-state index in [4.69, 9.17) is 4.98 Å². The summed E-state index contributed by atoms with van der Waals surface area (Å²) in [6.07, 6.45) is 4.25. The molecule has 0 atom stereocenters. The largest absolute Gasteiger partial charge is 0.306 e. The highest BCUT2D eigenvalue weighted by molar-refractivity contribution is 6.22. The first-order valence-corrected chi connectivity index (χ1v) is 18.8. The Labute approximate surface area is 314 Å². The second-order valence-electron chi connectivity index (χ2n) is 15.2. The standard InChI is InChI=1S/C52H36N2/c1-52(2)46-19-11-10-16-40(46)43-30-44-45(31-47(43)52)50(38-26-22-36(23-27-38)48-32-54-29-28-35-14-6-7-15-39(35)51(54)53-48)42-18-9-8-17-41(42)49(44)37-24-20-34(21-25-37)33-12-4-3-5-13-33/h3-32H,1-2H3. The molecule has 0 spiro atoms. The monoisotopic (exact) mass is 688 g/mol.